The van der Waals surface area contributed by atoms with E-state index in [4.69, 9.17) is 5.73 Å². The minimum atomic E-state index is -0.176. The van der Waals surface area contributed by atoms with Crippen LogP contribution in [-0.4, -0.2) is 20.5 Å². The molecule has 0 atom stereocenters. The molecule has 0 fully saturated rings. The maximum atomic E-state index is 12.3. The first-order valence-electron chi connectivity index (χ1n) is 6.62. The Labute approximate surface area is 121 Å². The van der Waals surface area contributed by atoms with Gasteiger partial charge in [-0.1, -0.05) is 24.3 Å². The summed E-state index contributed by atoms with van der Waals surface area (Å²) >= 11 is 0. The van der Waals surface area contributed by atoms with Crippen molar-refractivity contribution in [2.75, 3.05) is 0 Å². The molecular formula is C15H15N5O. The van der Waals surface area contributed by atoms with Crippen LogP contribution in [0.3, 0.4) is 0 Å². The van der Waals surface area contributed by atoms with E-state index in [1.54, 1.807) is 29.3 Å². The summed E-state index contributed by atoms with van der Waals surface area (Å²) in [5.41, 5.74) is 8.93. The number of aromatic nitrogens is 3. The number of rotatable bonds is 4. The van der Waals surface area contributed by atoms with E-state index >= 15 is 0 Å². The van der Waals surface area contributed by atoms with E-state index in [0.717, 1.165) is 11.1 Å². The Balaban J connectivity index is 1.78. The van der Waals surface area contributed by atoms with Crippen molar-refractivity contribution in [2.24, 2.45) is 5.73 Å². The largest absolute Gasteiger partial charge is 0.348 e. The average molecular weight is 281 g/mol. The van der Waals surface area contributed by atoms with Crippen molar-refractivity contribution in [3.8, 4) is 0 Å². The van der Waals surface area contributed by atoms with Crippen LogP contribution < -0.4 is 11.1 Å². The Morgan fingerprint density at radius 1 is 1.24 bits per heavy atom. The van der Waals surface area contributed by atoms with Gasteiger partial charge in [-0.3, -0.25) is 9.78 Å². The molecule has 3 aromatic rings. The fourth-order valence-electron chi connectivity index (χ4n) is 2.21. The normalized spacial score (nSPS) is 10.7. The number of nitrogens with one attached hydrogen (secondary N) is 1. The maximum Gasteiger partial charge on any atom is 0.255 e. The van der Waals surface area contributed by atoms with Crippen molar-refractivity contribution in [1.82, 2.24) is 19.9 Å². The topological polar surface area (TPSA) is 85.3 Å². The van der Waals surface area contributed by atoms with Crippen LogP contribution in [0.1, 0.15) is 21.5 Å². The lowest BCUT2D eigenvalue weighted by Crippen LogP contribution is -2.23. The lowest BCUT2D eigenvalue weighted by atomic mass is 10.1. The monoisotopic (exact) mass is 281 g/mol. The summed E-state index contributed by atoms with van der Waals surface area (Å²) in [4.78, 5) is 16.3. The third-order valence-electron chi connectivity index (χ3n) is 3.35. The van der Waals surface area contributed by atoms with Crippen LogP contribution in [0.25, 0.3) is 5.52 Å². The van der Waals surface area contributed by atoms with E-state index < -0.39 is 0 Å². The number of carbonyl (C=O) groups is 1. The fourth-order valence-corrected chi connectivity index (χ4v) is 2.21. The summed E-state index contributed by atoms with van der Waals surface area (Å²) in [5, 5.41) is 7.02. The zero-order valence-electron chi connectivity index (χ0n) is 11.4. The second-order valence-electron chi connectivity index (χ2n) is 4.62. The molecule has 0 saturated carbocycles. The van der Waals surface area contributed by atoms with E-state index in [2.05, 4.69) is 15.4 Å². The summed E-state index contributed by atoms with van der Waals surface area (Å²) in [5.74, 6) is -0.176. The summed E-state index contributed by atoms with van der Waals surface area (Å²) in [7, 11) is 0. The second-order valence-corrected chi connectivity index (χ2v) is 4.62. The maximum absolute atomic E-state index is 12.3. The zero-order chi connectivity index (χ0) is 14.7. The lowest BCUT2D eigenvalue weighted by molar-refractivity contribution is 0.0952. The molecule has 0 bridgehead atoms. The van der Waals surface area contributed by atoms with Crippen LogP contribution >= 0.6 is 0 Å². The molecule has 6 nitrogen and oxygen atoms in total. The summed E-state index contributed by atoms with van der Waals surface area (Å²) in [6.07, 6.45) is 6.49. The van der Waals surface area contributed by atoms with Gasteiger partial charge in [-0.05, 0) is 11.1 Å². The number of fused-ring (bicyclic) bond motifs is 1. The van der Waals surface area contributed by atoms with Gasteiger partial charge in [-0.2, -0.15) is 5.10 Å². The molecule has 0 aliphatic heterocycles. The molecule has 6 heteroatoms. The predicted molar refractivity (Wildman–Crippen MR) is 78.5 cm³/mol. The highest BCUT2D eigenvalue weighted by Gasteiger charge is 2.12. The number of hydrogen-bond donors (Lipinski definition) is 2. The van der Waals surface area contributed by atoms with Gasteiger partial charge in [0.15, 0.2) is 0 Å². The molecule has 2 heterocycles. The van der Waals surface area contributed by atoms with E-state index in [1.807, 2.05) is 24.3 Å². The van der Waals surface area contributed by atoms with E-state index in [1.165, 1.54) is 0 Å². The predicted octanol–water partition coefficient (Wildman–Crippen LogP) is 1.12. The molecule has 0 saturated heterocycles. The summed E-state index contributed by atoms with van der Waals surface area (Å²) in [6, 6.07) is 7.78. The highest BCUT2D eigenvalue weighted by Crippen LogP contribution is 2.10. The van der Waals surface area contributed by atoms with Gasteiger partial charge in [0.2, 0.25) is 0 Å². The van der Waals surface area contributed by atoms with Crippen LogP contribution in [-0.2, 0) is 13.1 Å². The molecule has 3 N–H and O–H groups in total. The van der Waals surface area contributed by atoms with Gasteiger partial charge >= 0.3 is 0 Å². The molecule has 0 aliphatic carbocycles. The van der Waals surface area contributed by atoms with Crippen molar-refractivity contribution in [2.45, 2.75) is 13.1 Å². The molecule has 106 valence electrons. The first-order chi connectivity index (χ1) is 10.3. The standard InChI is InChI=1S/C15H15N5O/c16-7-11-3-1-2-4-12(11)8-18-15(21)13-9-19-20-6-5-17-10-14(13)20/h1-6,9-10H,7-8,16H2,(H,18,21). The Kier molecular flexibility index (Phi) is 3.61. The number of nitrogens with zero attached hydrogens (tertiary/aromatic N) is 3. The van der Waals surface area contributed by atoms with Crippen molar-refractivity contribution in [3.63, 3.8) is 0 Å². The van der Waals surface area contributed by atoms with Gasteiger partial charge in [0.1, 0.15) is 0 Å². The van der Waals surface area contributed by atoms with Crippen LogP contribution in [0.15, 0.2) is 49.1 Å². The van der Waals surface area contributed by atoms with Gasteiger partial charge in [-0.15, -0.1) is 0 Å². The third-order valence-corrected chi connectivity index (χ3v) is 3.35. The van der Waals surface area contributed by atoms with E-state index in [0.29, 0.717) is 24.2 Å². The Morgan fingerprint density at radius 2 is 2.05 bits per heavy atom. The Morgan fingerprint density at radius 3 is 2.86 bits per heavy atom. The van der Waals surface area contributed by atoms with Crippen molar-refractivity contribution >= 4 is 11.4 Å². The molecule has 2 aromatic heterocycles. The smallest absolute Gasteiger partial charge is 0.255 e. The van der Waals surface area contributed by atoms with Crippen LogP contribution in [0.4, 0.5) is 0 Å². The zero-order valence-corrected chi connectivity index (χ0v) is 11.4. The van der Waals surface area contributed by atoms with Crippen molar-refractivity contribution in [3.05, 3.63) is 65.7 Å². The molecule has 21 heavy (non-hydrogen) atoms. The van der Waals surface area contributed by atoms with Crippen LogP contribution in [0.5, 0.6) is 0 Å². The number of benzene rings is 1. The van der Waals surface area contributed by atoms with Crippen LogP contribution in [0.2, 0.25) is 0 Å². The molecule has 0 unspecified atom stereocenters. The molecule has 1 amide bonds. The quantitative estimate of drug-likeness (QED) is 0.750. The van der Waals surface area contributed by atoms with E-state index in [9.17, 15) is 4.79 Å². The SMILES string of the molecule is NCc1ccccc1CNC(=O)c1cnn2ccncc12. The number of hydrogen-bond acceptors (Lipinski definition) is 4. The number of amides is 1. The average Bonchev–Trinajstić information content (AvgIpc) is 2.97. The molecule has 0 spiro atoms. The number of carbonyl (C=O) groups excluding carboxylic acids is 1. The molecule has 1 aromatic carbocycles. The second kappa shape index (κ2) is 5.72. The highest BCUT2D eigenvalue weighted by molar-refractivity contribution is 6.00. The van der Waals surface area contributed by atoms with Crippen LogP contribution in [0, 0.1) is 0 Å². The first-order valence-corrected chi connectivity index (χ1v) is 6.62. The third kappa shape index (κ3) is 2.61. The minimum Gasteiger partial charge on any atom is -0.348 e. The molecule has 3 rings (SSSR count). The van der Waals surface area contributed by atoms with Crippen molar-refractivity contribution < 1.29 is 4.79 Å². The van der Waals surface area contributed by atoms with Gasteiger partial charge in [0.05, 0.1) is 23.5 Å². The Bertz CT molecular complexity index is 780. The first kappa shape index (κ1) is 13.3. The lowest BCUT2D eigenvalue weighted by Gasteiger charge is -2.08. The van der Waals surface area contributed by atoms with Gasteiger partial charge < -0.3 is 11.1 Å². The molecule has 0 radical (unpaired) electrons. The summed E-state index contributed by atoms with van der Waals surface area (Å²) < 4.78 is 1.62. The molecule has 0 aliphatic rings. The summed E-state index contributed by atoms with van der Waals surface area (Å²) in [6.45, 7) is 0.885. The Hall–Kier alpha value is -2.73. The number of nitrogens with two attached hydrogens (primary N) is 1. The molecular weight excluding hydrogens is 266 g/mol. The van der Waals surface area contributed by atoms with E-state index in [-0.39, 0.29) is 5.91 Å². The van der Waals surface area contributed by atoms with Gasteiger partial charge in [0.25, 0.3) is 5.91 Å². The fraction of sp³-hybridized carbons (Fsp3) is 0.133. The van der Waals surface area contributed by atoms with Gasteiger partial charge in [0, 0.05) is 25.5 Å². The van der Waals surface area contributed by atoms with Crippen molar-refractivity contribution in [1.29, 1.82) is 0 Å². The van der Waals surface area contributed by atoms with Gasteiger partial charge in [-0.25, -0.2) is 4.52 Å². The minimum absolute atomic E-state index is 0.176. The highest BCUT2D eigenvalue weighted by atomic mass is 16.1.